The number of rotatable bonds is 5. The van der Waals surface area contributed by atoms with E-state index in [1.807, 2.05) is 22.6 Å². The first kappa shape index (κ1) is 19.7. The smallest absolute Gasteiger partial charge is 0.224 e. The van der Waals surface area contributed by atoms with Gasteiger partial charge in [-0.2, -0.15) is 5.10 Å². The number of hydrogen-bond acceptors (Lipinski definition) is 5. The highest BCUT2D eigenvalue weighted by Gasteiger charge is 2.22. The number of fused-ring (bicyclic) bond motifs is 1. The molecular formula is C21H22FN7O. The highest BCUT2D eigenvalue weighted by molar-refractivity contribution is 5.99. The van der Waals surface area contributed by atoms with Gasteiger partial charge in [-0.1, -0.05) is 0 Å². The summed E-state index contributed by atoms with van der Waals surface area (Å²) in [5.41, 5.74) is 2.61. The van der Waals surface area contributed by atoms with Gasteiger partial charge >= 0.3 is 0 Å². The molecule has 0 unspecified atom stereocenters. The Morgan fingerprint density at radius 1 is 1.20 bits per heavy atom. The second-order valence-electron chi connectivity index (χ2n) is 7.19. The Hall–Kier alpha value is -3.62. The SMILES string of the molecule is Cc1cc2n(n1)CCCN2C(=N)CCC(=O)Nc1ccc(-c2cncc(F)c2)nc1. The van der Waals surface area contributed by atoms with Gasteiger partial charge in [-0.25, -0.2) is 9.07 Å². The number of amides is 1. The predicted molar refractivity (Wildman–Crippen MR) is 112 cm³/mol. The minimum absolute atomic E-state index is 0.191. The molecule has 0 bridgehead atoms. The van der Waals surface area contributed by atoms with Crippen molar-refractivity contribution in [2.24, 2.45) is 0 Å². The normalized spacial score (nSPS) is 13.1. The number of carbonyl (C=O) groups is 1. The first-order valence-corrected chi connectivity index (χ1v) is 9.76. The van der Waals surface area contributed by atoms with Crippen molar-refractivity contribution in [1.29, 1.82) is 5.41 Å². The molecule has 1 aliphatic heterocycles. The van der Waals surface area contributed by atoms with Gasteiger partial charge in [-0.3, -0.25) is 20.2 Å². The fourth-order valence-corrected chi connectivity index (χ4v) is 3.46. The molecule has 0 aromatic carbocycles. The molecule has 1 amide bonds. The third-order valence-corrected chi connectivity index (χ3v) is 4.87. The Labute approximate surface area is 173 Å². The van der Waals surface area contributed by atoms with Gasteiger partial charge in [0, 0.05) is 43.8 Å². The van der Waals surface area contributed by atoms with Gasteiger partial charge in [-0.05, 0) is 31.5 Å². The minimum Gasteiger partial charge on any atom is -0.325 e. The van der Waals surface area contributed by atoms with Crippen LogP contribution in [0.25, 0.3) is 11.3 Å². The zero-order valence-corrected chi connectivity index (χ0v) is 16.6. The van der Waals surface area contributed by atoms with E-state index in [2.05, 4.69) is 20.4 Å². The van der Waals surface area contributed by atoms with Crippen molar-refractivity contribution >= 4 is 23.2 Å². The highest BCUT2D eigenvalue weighted by atomic mass is 19.1. The summed E-state index contributed by atoms with van der Waals surface area (Å²) in [5.74, 6) is 0.693. The van der Waals surface area contributed by atoms with Crippen LogP contribution in [0.3, 0.4) is 0 Å². The molecule has 4 heterocycles. The number of aromatic nitrogens is 4. The molecule has 8 nitrogen and oxygen atoms in total. The largest absolute Gasteiger partial charge is 0.325 e. The average molecular weight is 407 g/mol. The molecule has 0 fully saturated rings. The van der Waals surface area contributed by atoms with E-state index in [1.165, 1.54) is 18.5 Å². The number of halogens is 1. The zero-order chi connectivity index (χ0) is 21.1. The number of aryl methyl sites for hydroxylation is 2. The Balaban J connectivity index is 1.32. The summed E-state index contributed by atoms with van der Waals surface area (Å²) < 4.78 is 15.2. The van der Waals surface area contributed by atoms with Crippen molar-refractivity contribution in [2.75, 3.05) is 16.8 Å². The van der Waals surface area contributed by atoms with E-state index in [1.54, 1.807) is 12.1 Å². The predicted octanol–water partition coefficient (Wildman–Crippen LogP) is 3.39. The van der Waals surface area contributed by atoms with E-state index in [0.29, 0.717) is 29.2 Å². The van der Waals surface area contributed by atoms with Crippen molar-refractivity contribution in [3.63, 3.8) is 0 Å². The van der Waals surface area contributed by atoms with Crippen molar-refractivity contribution in [1.82, 2.24) is 19.7 Å². The lowest BCUT2D eigenvalue weighted by Gasteiger charge is -2.29. The first-order valence-electron chi connectivity index (χ1n) is 9.76. The second-order valence-corrected chi connectivity index (χ2v) is 7.19. The molecule has 3 aromatic heterocycles. The topological polar surface area (TPSA) is 99.8 Å². The van der Waals surface area contributed by atoms with Crippen LogP contribution in [0.15, 0.2) is 42.9 Å². The van der Waals surface area contributed by atoms with Crippen LogP contribution in [0, 0.1) is 18.2 Å². The van der Waals surface area contributed by atoms with Crippen LogP contribution in [-0.4, -0.2) is 38.0 Å². The van der Waals surface area contributed by atoms with Crippen LogP contribution in [0.1, 0.15) is 25.0 Å². The number of carbonyl (C=O) groups excluding carboxylic acids is 1. The molecule has 2 N–H and O–H groups in total. The molecule has 9 heteroatoms. The molecule has 0 atom stereocenters. The minimum atomic E-state index is -0.430. The summed E-state index contributed by atoms with van der Waals surface area (Å²) in [6.45, 7) is 3.54. The van der Waals surface area contributed by atoms with Gasteiger partial charge in [0.15, 0.2) is 0 Å². The summed E-state index contributed by atoms with van der Waals surface area (Å²) in [6, 6.07) is 6.73. The number of anilines is 2. The standard InChI is InChI=1S/C21H22FN7O/c1-14-9-21-28(7-2-8-29(21)27-14)19(23)5-6-20(30)26-17-3-4-18(25-13-17)15-10-16(22)12-24-11-15/h3-4,9-13,23H,2,5-8H2,1H3,(H,26,30). The number of pyridine rings is 2. The van der Waals surface area contributed by atoms with Gasteiger partial charge in [0.05, 0.1) is 29.5 Å². The lowest BCUT2D eigenvalue weighted by Crippen LogP contribution is -2.37. The lowest BCUT2D eigenvalue weighted by molar-refractivity contribution is -0.116. The summed E-state index contributed by atoms with van der Waals surface area (Å²) in [6.07, 6.45) is 5.63. The molecule has 1 aliphatic rings. The third-order valence-electron chi connectivity index (χ3n) is 4.87. The number of nitrogens with zero attached hydrogens (tertiary/aromatic N) is 5. The van der Waals surface area contributed by atoms with Crippen LogP contribution in [0.5, 0.6) is 0 Å². The van der Waals surface area contributed by atoms with Crippen molar-refractivity contribution in [2.45, 2.75) is 32.7 Å². The second kappa shape index (κ2) is 8.40. The van der Waals surface area contributed by atoms with Crippen LogP contribution in [-0.2, 0) is 11.3 Å². The van der Waals surface area contributed by atoms with Crippen LogP contribution >= 0.6 is 0 Å². The van der Waals surface area contributed by atoms with Gasteiger partial charge in [0.2, 0.25) is 5.91 Å². The summed E-state index contributed by atoms with van der Waals surface area (Å²) in [7, 11) is 0. The van der Waals surface area contributed by atoms with Crippen molar-refractivity contribution in [3.8, 4) is 11.3 Å². The Bertz CT molecular complexity index is 1080. The third kappa shape index (κ3) is 4.35. The monoisotopic (exact) mass is 407 g/mol. The molecule has 3 aromatic rings. The number of nitrogens with one attached hydrogen (secondary N) is 2. The maximum atomic E-state index is 13.3. The number of amidine groups is 1. The highest BCUT2D eigenvalue weighted by Crippen LogP contribution is 2.23. The van der Waals surface area contributed by atoms with E-state index < -0.39 is 5.82 Å². The molecule has 0 radical (unpaired) electrons. The molecule has 0 saturated heterocycles. The molecule has 0 saturated carbocycles. The maximum Gasteiger partial charge on any atom is 0.224 e. The van der Waals surface area contributed by atoms with Gasteiger partial charge in [0.1, 0.15) is 17.5 Å². The Morgan fingerprint density at radius 2 is 2.07 bits per heavy atom. The first-order chi connectivity index (χ1) is 14.5. The fourth-order valence-electron chi connectivity index (χ4n) is 3.46. The van der Waals surface area contributed by atoms with E-state index in [-0.39, 0.29) is 12.3 Å². The summed E-state index contributed by atoms with van der Waals surface area (Å²) in [4.78, 5) is 22.3. The van der Waals surface area contributed by atoms with E-state index in [0.717, 1.165) is 37.2 Å². The van der Waals surface area contributed by atoms with Gasteiger partial charge < -0.3 is 10.2 Å². The van der Waals surface area contributed by atoms with Crippen molar-refractivity contribution < 1.29 is 9.18 Å². The molecular weight excluding hydrogens is 385 g/mol. The van der Waals surface area contributed by atoms with Crippen LogP contribution in [0.2, 0.25) is 0 Å². The summed E-state index contributed by atoms with van der Waals surface area (Å²) >= 11 is 0. The van der Waals surface area contributed by atoms with Crippen LogP contribution < -0.4 is 10.2 Å². The van der Waals surface area contributed by atoms with E-state index >= 15 is 0 Å². The molecule has 4 rings (SSSR count). The van der Waals surface area contributed by atoms with Crippen molar-refractivity contribution in [3.05, 3.63) is 54.4 Å². The van der Waals surface area contributed by atoms with E-state index in [4.69, 9.17) is 5.41 Å². The summed E-state index contributed by atoms with van der Waals surface area (Å²) in [5, 5.41) is 15.6. The van der Waals surface area contributed by atoms with E-state index in [9.17, 15) is 9.18 Å². The Kier molecular flexibility index (Phi) is 5.51. The maximum absolute atomic E-state index is 13.3. The fraction of sp³-hybridized carbons (Fsp3) is 0.286. The lowest BCUT2D eigenvalue weighted by atomic mass is 10.2. The quantitative estimate of drug-likeness (QED) is 0.499. The van der Waals surface area contributed by atoms with Gasteiger partial charge in [-0.15, -0.1) is 0 Å². The van der Waals surface area contributed by atoms with Crippen LogP contribution in [0.4, 0.5) is 15.9 Å². The average Bonchev–Trinajstić information content (AvgIpc) is 3.12. The zero-order valence-electron chi connectivity index (χ0n) is 16.6. The Morgan fingerprint density at radius 3 is 2.83 bits per heavy atom. The molecule has 154 valence electrons. The molecule has 0 aliphatic carbocycles. The molecule has 0 spiro atoms. The number of hydrogen-bond donors (Lipinski definition) is 2. The van der Waals surface area contributed by atoms with Gasteiger partial charge in [0.25, 0.3) is 0 Å². The molecule has 30 heavy (non-hydrogen) atoms.